The van der Waals surface area contributed by atoms with Crippen molar-refractivity contribution in [2.75, 3.05) is 26.2 Å². The Morgan fingerprint density at radius 1 is 1.25 bits per heavy atom. The fourth-order valence-electron chi connectivity index (χ4n) is 2.46. The van der Waals surface area contributed by atoms with Gasteiger partial charge in [0.1, 0.15) is 6.29 Å². The van der Waals surface area contributed by atoms with Crippen LogP contribution in [0.1, 0.15) is 18.4 Å². The van der Waals surface area contributed by atoms with Crippen molar-refractivity contribution in [1.82, 2.24) is 10.2 Å². The van der Waals surface area contributed by atoms with Gasteiger partial charge >= 0.3 is 0 Å². The lowest BCUT2D eigenvalue weighted by Crippen LogP contribution is -2.38. The SMILES string of the molecule is O=CC1CCN(CCNCc2c(Cl)cccc2Cl)CC1. The molecule has 0 unspecified atom stereocenters. The minimum atomic E-state index is 0.265. The van der Waals surface area contributed by atoms with Gasteiger partial charge in [0.2, 0.25) is 0 Å². The molecule has 1 aliphatic rings. The number of benzene rings is 1. The Morgan fingerprint density at radius 3 is 2.50 bits per heavy atom. The van der Waals surface area contributed by atoms with Crippen molar-refractivity contribution in [2.45, 2.75) is 19.4 Å². The largest absolute Gasteiger partial charge is 0.311 e. The third-order valence-corrected chi connectivity index (χ3v) is 4.50. The molecule has 0 saturated carbocycles. The van der Waals surface area contributed by atoms with Gasteiger partial charge in [0.25, 0.3) is 0 Å². The number of halogens is 2. The van der Waals surface area contributed by atoms with E-state index in [1.54, 1.807) is 0 Å². The summed E-state index contributed by atoms with van der Waals surface area (Å²) in [5.74, 6) is 0.265. The molecule has 1 fully saturated rings. The van der Waals surface area contributed by atoms with E-state index in [2.05, 4.69) is 10.2 Å². The average molecular weight is 315 g/mol. The molecule has 1 aliphatic heterocycles. The Balaban J connectivity index is 1.68. The Bertz CT molecular complexity index is 425. The summed E-state index contributed by atoms with van der Waals surface area (Å²) in [7, 11) is 0. The molecule has 1 aromatic carbocycles. The summed E-state index contributed by atoms with van der Waals surface area (Å²) in [6.07, 6.45) is 3.06. The van der Waals surface area contributed by atoms with E-state index >= 15 is 0 Å². The molecule has 20 heavy (non-hydrogen) atoms. The number of nitrogens with zero attached hydrogens (tertiary/aromatic N) is 1. The van der Waals surface area contributed by atoms with E-state index < -0.39 is 0 Å². The molecule has 0 amide bonds. The van der Waals surface area contributed by atoms with Crippen LogP contribution in [0.15, 0.2) is 18.2 Å². The number of piperidine rings is 1. The summed E-state index contributed by atoms with van der Waals surface area (Å²) in [6.45, 7) is 4.60. The molecule has 0 aliphatic carbocycles. The molecule has 0 aromatic heterocycles. The van der Waals surface area contributed by atoms with Crippen LogP contribution in [-0.4, -0.2) is 37.4 Å². The molecule has 5 heteroatoms. The van der Waals surface area contributed by atoms with E-state index in [0.29, 0.717) is 16.6 Å². The number of hydrogen-bond acceptors (Lipinski definition) is 3. The molecule has 2 rings (SSSR count). The van der Waals surface area contributed by atoms with Crippen molar-refractivity contribution >= 4 is 29.5 Å². The number of carbonyl (C=O) groups excluding carboxylic acids is 1. The van der Waals surface area contributed by atoms with E-state index in [9.17, 15) is 4.79 Å². The highest BCUT2D eigenvalue weighted by molar-refractivity contribution is 6.35. The molecule has 1 heterocycles. The maximum Gasteiger partial charge on any atom is 0.123 e. The standard InChI is InChI=1S/C15H20Cl2N2O/c16-14-2-1-3-15(17)13(14)10-18-6-9-19-7-4-12(11-20)5-8-19/h1-3,11-12,18H,4-10H2. The van der Waals surface area contributed by atoms with Crippen LogP contribution < -0.4 is 5.32 Å². The van der Waals surface area contributed by atoms with Gasteiger partial charge in [-0.3, -0.25) is 0 Å². The number of likely N-dealkylation sites (tertiary alicyclic amines) is 1. The molecular weight excluding hydrogens is 295 g/mol. The minimum Gasteiger partial charge on any atom is -0.311 e. The normalized spacial score (nSPS) is 17.3. The van der Waals surface area contributed by atoms with Crippen LogP contribution >= 0.6 is 23.2 Å². The van der Waals surface area contributed by atoms with Gasteiger partial charge in [0, 0.05) is 41.2 Å². The molecule has 1 aromatic rings. The second-order valence-corrected chi connectivity index (χ2v) is 6.01. The second-order valence-electron chi connectivity index (χ2n) is 5.19. The summed E-state index contributed by atoms with van der Waals surface area (Å²) in [6, 6.07) is 5.56. The zero-order valence-corrected chi connectivity index (χ0v) is 13.0. The first kappa shape index (κ1) is 15.8. The van der Waals surface area contributed by atoms with Crippen LogP contribution in [0.4, 0.5) is 0 Å². The van der Waals surface area contributed by atoms with Gasteiger partial charge in [-0.2, -0.15) is 0 Å². The molecule has 0 bridgehead atoms. The summed E-state index contributed by atoms with van der Waals surface area (Å²) in [4.78, 5) is 13.1. The molecule has 1 saturated heterocycles. The smallest absolute Gasteiger partial charge is 0.123 e. The van der Waals surface area contributed by atoms with Crippen molar-refractivity contribution in [2.24, 2.45) is 5.92 Å². The zero-order chi connectivity index (χ0) is 14.4. The minimum absolute atomic E-state index is 0.265. The predicted molar refractivity (Wildman–Crippen MR) is 83.4 cm³/mol. The molecule has 3 nitrogen and oxygen atoms in total. The van der Waals surface area contributed by atoms with E-state index in [4.69, 9.17) is 23.2 Å². The summed E-state index contributed by atoms with van der Waals surface area (Å²) < 4.78 is 0. The maximum absolute atomic E-state index is 10.7. The van der Waals surface area contributed by atoms with Crippen LogP contribution in [-0.2, 0) is 11.3 Å². The molecule has 0 radical (unpaired) electrons. The third-order valence-electron chi connectivity index (χ3n) is 3.79. The topological polar surface area (TPSA) is 32.3 Å². The van der Waals surface area contributed by atoms with Gasteiger partial charge < -0.3 is 15.0 Å². The number of rotatable bonds is 6. The number of carbonyl (C=O) groups is 1. The molecule has 1 N–H and O–H groups in total. The van der Waals surface area contributed by atoms with Gasteiger partial charge in [-0.25, -0.2) is 0 Å². The number of nitrogens with one attached hydrogen (secondary N) is 1. The lowest BCUT2D eigenvalue weighted by molar-refractivity contribution is -0.112. The van der Waals surface area contributed by atoms with E-state index in [1.165, 1.54) is 0 Å². The Morgan fingerprint density at radius 2 is 1.90 bits per heavy atom. The Kier molecular flexibility index (Phi) is 6.30. The fraction of sp³-hybridized carbons (Fsp3) is 0.533. The molecule has 0 spiro atoms. The molecule has 0 atom stereocenters. The quantitative estimate of drug-likeness (QED) is 0.647. The van der Waals surface area contributed by atoms with Crippen molar-refractivity contribution < 1.29 is 4.79 Å². The van der Waals surface area contributed by atoms with Gasteiger partial charge in [-0.15, -0.1) is 0 Å². The highest BCUT2D eigenvalue weighted by Gasteiger charge is 2.17. The lowest BCUT2D eigenvalue weighted by Gasteiger charge is -2.29. The van der Waals surface area contributed by atoms with Crippen molar-refractivity contribution in [3.8, 4) is 0 Å². The van der Waals surface area contributed by atoms with Crippen molar-refractivity contribution in [3.63, 3.8) is 0 Å². The summed E-state index contributed by atoms with van der Waals surface area (Å²) >= 11 is 12.2. The number of hydrogen-bond donors (Lipinski definition) is 1. The van der Waals surface area contributed by atoms with Gasteiger partial charge in [0.15, 0.2) is 0 Å². The average Bonchev–Trinajstić information content (AvgIpc) is 2.46. The van der Waals surface area contributed by atoms with Crippen LogP contribution in [0.5, 0.6) is 0 Å². The molecular formula is C15H20Cl2N2O. The first-order chi connectivity index (χ1) is 9.70. The van der Waals surface area contributed by atoms with Gasteiger partial charge in [-0.05, 0) is 38.1 Å². The van der Waals surface area contributed by atoms with Crippen LogP contribution in [0.2, 0.25) is 10.0 Å². The van der Waals surface area contributed by atoms with Crippen LogP contribution in [0, 0.1) is 5.92 Å². The van der Waals surface area contributed by atoms with E-state index in [-0.39, 0.29) is 5.92 Å². The second kappa shape index (κ2) is 7.99. The van der Waals surface area contributed by atoms with E-state index in [0.717, 1.165) is 50.9 Å². The highest BCUT2D eigenvalue weighted by atomic mass is 35.5. The Labute approximate surface area is 130 Å². The molecule has 110 valence electrons. The monoisotopic (exact) mass is 314 g/mol. The first-order valence-corrected chi connectivity index (χ1v) is 7.77. The van der Waals surface area contributed by atoms with Crippen LogP contribution in [0.25, 0.3) is 0 Å². The predicted octanol–water partition coefficient (Wildman–Crippen LogP) is 2.99. The van der Waals surface area contributed by atoms with Gasteiger partial charge in [-0.1, -0.05) is 29.3 Å². The first-order valence-electron chi connectivity index (χ1n) is 7.02. The lowest BCUT2D eigenvalue weighted by atomic mass is 9.99. The van der Waals surface area contributed by atoms with E-state index in [1.807, 2.05) is 18.2 Å². The number of aldehydes is 1. The summed E-state index contributed by atoms with van der Waals surface area (Å²) in [5, 5.41) is 4.79. The van der Waals surface area contributed by atoms with Crippen LogP contribution in [0.3, 0.4) is 0 Å². The fourth-order valence-corrected chi connectivity index (χ4v) is 3.00. The third kappa shape index (κ3) is 4.45. The maximum atomic E-state index is 10.7. The Hall–Kier alpha value is -0.610. The summed E-state index contributed by atoms with van der Waals surface area (Å²) in [5.41, 5.74) is 0.954. The zero-order valence-electron chi connectivity index (χ0n) is 11.4. The van der Waals surface area contributed by atoms with Gasteiger partial charge in [0.05, 0.1) is 0 Å². The highest BCUT2D eigenvalue weighted by Crippen LogP contribution is 2.23. The van der Waals surface area contributed by atoms with Crippen molar-refractivity contribution in [3.05, 3.63) is 33.8 Å². The van der Waals surface area contributed by atoms with Crippen molar-refractivity contribution in [1.29, 1.82) is 0 Å².